The van der Waals surface area contributed by atoms with E-state index in [4.69, 9.17) is 11.3 Å². The number of nitrogens with zero attached hydrogens (tertiary/aromatic N) is 1. The standard InChI is InChI=1S/C33H45NO4/c1-10-29(4)23-11-12-31(6)24(30(23,5)19-21(34-8)26(29)36)17-22(35)25-20-18-28(2,3)13-15-33(20,27(37)38-9)16-14-32(25,31)7/h17,19-20,23,25H,10-16,18H2,1-7,9H3/t20-,23-,25-,29-,30-,31+,32+,33-/m0/s1. The van der Waals surface area contributed by atoms with Gasteiger partial charge in [0.25, 0.3) is 0 Å². The van der Waals surface area contributed by atoms with E-state index in [1.165, 1.54) is 7.11 Å². The highest BCUT2D eigenvalue weighted by molar-refractivity contribution is 6.03. The Balaban J connectivity index is 1.71. The van der Waals surface area contributed by atoms with Crippen LogP contribution in [-0.4, -0.2) is 24.6 Å². The summed E-state index contributed by atoms with van der Waals surface area (Å²) in [6.07, 6.45) is 10.4. The number of ether oxygens (including phenoxy) is 1. The molecule has 0 heterocycles. The molecule has 3 fully saturated rings. The molecule has 3 saturated carbocycles. The Morgan fingerprint density at radius 2 is 1.71 bits per heavy atom. The van der Waals surface area contributed by atoms with Gasteiger partial charge in [-0.15, -0.1) is 0 Å². The number of hydrogen-bond acceptors (Lipinski definition) is 4. The molecule has 0 radical (unpaired) electrons. The zero-order valence-corrected chi connectivity index (χ0v) is 24.6. The van der Waals surface area contributed by atoms with Gasteiger partial charge in [-0.3, -0.25) is 9.59 Å². The fourth-order valence-corrected chi connectivity index (χ4v) is 10.4. The quantitative estimate of drug-likeness (QED) is 0.288. The molecule has 5 rings (SSSR count). The lowest BCUT2D eigenvalue weighted by atomic mass is 9.34. The summed E-state index contributed by atoms with van der Waals surface area (Å²) in [4.78, 5) is 45.0. The van der Waals surface area contributed by atoms with E-state index in [9.17, 15) is 14.4 Å². The molecule has 0 saturated heterocycles. The van der Waals surface area contributed by atoms with Crippen LogP contribution in [0.1, 0.15) is 99.8 Å². The monoisotopic (exact) mass is 519 g/mol. The lowest BCUT2D eigenvalue weighted by Gasteiger charge is -2.69. The molecular formula is C33H45NO4. The van der Waals surface area contributed by atoms with Crippen LogP contribution in [0.15, 0.2) is 23.4 Å². The lowest BCUT2D eigenvalue weighted by Crippen LogP contribution is -2.66. The van der Waals surface area contributed by atoms with Crippen LogP contribution in [0, 0.1) is 56.8 Å². The molecule has 0 N–H and O–H groups in total. The largest absolute Gasteiger partial charge is 0.469 e. The van der Waals surface area contributed by atoms with Gasteiger partial charge < -0.3 is 9.53 Å². The number of ketones is 2. The molecule has 38 heavy (non-hydrogen) atoms. The predicted octanol–water partition coefficient (Wildman–Crippen LogP) is 7.12. The van der Waals surface area contributed by atoms with Gasteiger partial charge >= 0.3 is 5.97 Å². The van der Waals surface area contributed by atoms with Crippen molar-refractivity contribution in [2.24, 2.45) is 50.2 Å². The van der Waals surface area contributed by atoms with Crippen molar-refractivity contribution in [2.45, 2.75) is 99.8 Å². The lowest BCUT2D eigenvalue weighted by molar-refractivity contribution is -0.191. The Morgan fingerprint density at radius 1 is 1.05 bits per heavy atom. The zero-order valence-electron chi connectivity index (χ0n) is 24.6. The molecule has 0 spiro atoms. The molecule has 5 heteroatoms. The SMILES string of the molecule is [C-]#[N+]C1=C[C@]2(C)C3=CC(=O)[C@@H]4[C@@H]5CC(C)(C)CC[C@]5(C(=O)OC)CC[C@@]4(C)[C@]3(C)CC[C@H]2[C@](C)(CC)C1=O. The fourth-order valence-electron chi connectivity index (χ4n) is 10.4. The van der Waals surface area contributed by atoms with Crippen LogP contribution in [0.4, 0.5) is 0 Å². The molecule has 5 nitrogen and oxygen atoms in total. The number of methoxy groups -OCH3 is 1. The van der Waals surface area contributed by atoms with E-state index in [1.807, 2.05) is 19.1 Å². The molecular weight excluding hydrogens is 474 g/mol. The number of rotatable bonds is 2. The third-order valence-corrected chi connectivity index (χ3v) is 13.0. The van der Waals surface area contributed by atoms with Crippen LogP contribution in [0.3, 0.4) is 0 Å². The summed E-state index contributed by atoms with van der Waals surface area (Å²) in [5, 5.41) is 0. The van der Waals surface area contributed by atoms with Crippen LogP contribution in [0.2, 0.25) is 0 Å². The molecule has 0 unspecified atom stereocenters. The number of carbonyl (C=O) groups excluding carboxylic acids is 3. The topological polar surface area (TPSA) is 64.8 Å². The average molecular weight is 520 g/mol. The van der Waals surface area contributed by atoms with E-state index < -0.39 is 16.2 Å². The van der Waals surface area contributed by atoms with Crippen LogP contribution >= 0.6 is 0 Å². The second kappa shape index (κ2) is 8.15. The number of hydrogen-bond donors (Lipinski definition) is 0. The van der Waals surface area contributed by atoms with E-state index in [-0.39, 0.29) is 57.2 Å². The molecule has 206 valence electrons. The minimum atomic E-state index is -0.619. The zero-order chi connectivity index (χ0) is 28.1. The van der Waals surface area contributed by atoms with Crippen LogP contribution in [0.25, 0.3) is 4.85 Å². The van der Waals surface area contributed by atoms with E-state index in [0.717, 1.165) is 50.5 Å². The summed E-state index contributed by atoms with van der Waals surface area (Å²) in [6, 6.07) is 0. The first-order valence-corrected chi connectivity index (χ1v) is 14.6. The summed E-state index contributed by atoms with van der Waals surface area (Å²) in [5.74, 6) is -0.290. The maximum atomic E-state index is 14.4. The third-order valence-electron chi connectivity index (χ3n) is 13.0. The Morgan fingerprint density at radius 3 is 2.32 bits per heavy atom. The maximum Gasteiger partial charge on any atom is 0.312 e. The normalized spacial score (nSPS) is 47.3. The van der Waals surface area contributed by atoms with Crippen LogP contribution in [-0.2, 0) is 19.1 Å². The molecule has 0 aliphatic heterocycles. The highest BCUT2D eigenvalue weighted by Gasteiger charge is 2.71. The van der Waals surface area contributed by atoms with Crippen molar-refractivity contribution in [1.29, 1.82) is 0 Å². The van der Waals surface area contributed by atoms with Crippen LogP contribution in [0.5, 0.6) is 0 Å². The first-order chi connectivity index (χ1) is 17.6. The van der Waals surface area contributed by atoms with Gasteiger partial charge in [0.05, 0.1) is 19.1 Å². The number of carbonyl (C=O) groups is 3. The summed E-state index contributed by atoms with van der Waals surface area (Å²) < 4.78 is 5.42. The Bertz CT molecular complexity index is 1220. The first-order valence-electron chi connectivity index (χ1n) is 14.6. The van der Waals surface area contributed by atoms with Gasteiger partial charge in [-0.1, -0.05) is 60.1 Å². The molecule has 0 amide bonds. The van der Waals surface area contributed by atoms with Gasteiger partial charge in [-0.2, -0.15) is 0 Å². The summed E-state index contributed by atoms with van der Waals surface area (Å²) in [7, 11) is 1.49. The molecule has 5 aliphatic rings. The van der Waals surface area contributed by atoms with Gasteiger partial charge in [0, 0.05) is 16.7 Å². The van der Waals surface area contributed by atoms with Gasteiger partial charge in [-0.25, -0.2) is 4.85 Å². The molecule has 0 aromatic heterocycles. The van der Waals surface area contributed by atoms with Crippen LogP contribution < -0.4 is 0 Å². The summed E-state index contributed by atoms with van der Waals surface area (Å²) in [5.41, 5.74) is -0.922. The van der Waals surface area contributed by atoms with E-state index in [1.54, 1.807) is 0 Å². The molecule has 0 aromatic rings. The van der Waals surface area contributed by atoms with Crippen molar-refractivity contribution in [3.05, 3.63) is 34.8 Å². The van der Waals surface area contributed by atoms with E-state index in [0.29, 0.717) is 6.42 Å². The number of allylic oxidation sites excluding steroid dienone is 4. The Hall–Kier alpha value is -2.22. The minimum absolute atomic E-state index is 0.0436. The highest BCUT2D eigenvalue weighted by Crippen LogP contribution is 2.74. The second-order valence-electron chi connectivity index (χ2n) is 14.9. The van der Waals surface area contributed by atoms with Crippen molar-refractivity contribution >= 4 is 17.5 Å². The van der Waals surface area contributed by atoms with E-state index >= 15 is 0 Å². The molecule has 0 bridgehead atoms. The van der Waals surface area contributed by atoms with Crippen molar-refractivity contribution < 1.29 is 19.1 Å². The maximum absolute atomic E-state index is 14.4. The van der Waals surface area contributed by atoms with E-state index in [2.05, 4.69) is 46.4 Å². The minimum Gasteiger partial charge on any atom is -0.469 e. The highest BCUT2D eigenvalue weighted by atomic mass is 16.5. The fraction of sp³-hybridized carbons (Fsp3) is 0.758. The van der Waals surface area contributed by atoms with Gasteiger partial charge in [0.15, 0.2) is 11.6 Å². The summed E-state index contributed by atoms with van der Waals surface area (Å²) in [6.45, 7) is 23.2. The van der Waals surface area contributed by atoms with Gasteiger partial charge in [0.2, 0.25) is 5.70 Å². The average Bonchev–Trinajstić information content (AvgIpc) is 2.86. The molecule has 8 atom stereocenters. The first kappa shape index (κ1) is 27.4. The predicted molar refractivity (Wildman–Crippen MR) is 147 cm³/mol. The Labute approximate surface area is 228 Å². The van der Waals surface area contributed by atoms with Gasteiger partial charge in [-0.05, 0) is 85.5 Å². The second-order valence-corrected chi connectivity index (χ2v) is 14.9. The number of Topliss-reactive ketones (excluding diaryl/α,β-unsaturated/α-hetero) is 1. The van der Waals surface area contributed by atoms with Crippen molar-refractivity contribution in [3.8, 4) is 0 Å². The number of fused-ring (bicyclic) bond motifs is 7. The van der Waals surface area contributed by atoms with Crippen molar-refractivity contribution in [3.63, 3.8) is 0 Å². The molecule has 0 aromatic carbocycles. The third kappa shape index (κ3) is 3.12. The summed E-state index contributed by atoms with van der Waals surface area (Å²) >= 11 is 0. The number of esters is 1. The molecule has 5 aliphatic carbocycles. The Kier molecular flexibility index (Phi) is 5.87. The van der Waals surface area contributed by atoms with Crippen molar-refractivity contribution in [2.75, 3.05) is 7.11 Å². The van der Waals surface area contributed by atoms with Gasteiger partial charge in [0.1, 0.15) is 0 Å². The smallest absolute Gasteiger partial charge is 0.312 e. The van der Waals surface area contributed by atoms with Crippen molar-refractivity contribution in [1.82, 2.24) is 0 Å².